The normalized spacial score (nSPS) is 25.9. The van der Waals surface area contributed by atoms with Gasteiger partial charge in [0.1, 0.15) is 17.3 Å². The zero-order valence-corrected chi connectivity index (χ0v) is 68.2. The lowest BCUT2D eigenvalue weighted by Crippen LogP contribution is -2.36. The first kappa shape index (κ1) is 79.4. The highest BCUT2D eigenvalue weighted by molar-refractivity contribution is 6.31. The number of aromatic hydroxyl groups is 2. The monoisotopic (exact) mass is 1560 g/mol. The van der Waals surface area contributed by atoms with E-state index in [0.29, 0.717) is 59.1 Å². The minimum absolute atomic E-state index is 0.0388. The summed E-state index contributed by atoms with van der Waals surface area (Å²) in [5, 5.41) is 39.5. The zero-order chi connectivity index (χ0) is 78.4. The van der Waals surface area contributed by atoms with Crippen LogP contribution in [0.2, 0.25) is 10.0 Å². The van der Waals surface area contributed by atoms with Gasteiger partial charge in [-0.05, 0) is 210 Å². The Bertz CT molecular complexity index is 4760. The Hall–Kier alpha value is -8.85. The lowest BCUT2D eigenvalue weighted by atomic mass is 9.74. The largest absolute Gasteiger partial charge is 0.508 e. The lowest BCUT2D eigenvalue weighted by Gasteiger charge is -2.44. The number of halogens is 3. The van der Waals surface area contributed by atoms with Crippen LogP contribution >= 0.6 is 23.2 Å². The Morgan fingerprint density at radius 1 is 0.407 bits per heavy atom. The van der Waals surface area contributed by atoms with Gasteiger partial charge in [0.05, 0.1) is 54.6 Å². The van der Waals surface area contributed by atoms with Crippen LogP contribution < -0.4 is 26.6 Å². The maximum atomic E-state index is 14.4. The molecular formula is C99H112Cl2FN5O6. The molecule has 0 aliphatic carbocycles. The summed E-state index contributed by atoms with van der Waals surface area (Å²) in [5.41, 5.74) is 22.1. The number of nitrogens with one attached hydrogen (secondary N) is 5. The van der Waals surface area contributed by atoms with Crippen molar-refractivity contribution in [2.45, 2.75) is 191 Å². The van der Waals surface area contributed by atoms with Gasteiger partial charge in [0.15, 0.2) is 0 Å². The van der Waals surface area contributed by atoms with Gasteiger partial charge in [-0.3, -0.25) is 0 Å². The number of rotatable bonds is 8. The van der Waals surface area contributed by atoms with Crippen molar-refractivity contribution in [3.8, 4) is 11.5 Å². The van der Waals surface area contributed by atoms with Gasteiger partial charge < -0.3 is 55.7 Å². The highest BCUT2D eigenvalue weighted by Gasteiger charge is 2.45. The maximum absolute atomic E-state index is 14.4. The van der Waals surface area contributed by atoms with Crippen molar-refractivity contribution in [2.24, 2.45) is 29.6 Å². The Morgan fingerprint density at radius 2 is 0.805 bits per heavy atom. The van der Waals surface area contributed by atoms with Gasteiger partial charge in [0.25, 0.3) is 0 Å². The van der Waals surface area contributed by atoms with Crippen molar-refractivity contribution in [1.29, 1.82) is 0 Å². The van der Waals surface area contributed by atoms with Gasteiger partial charge in [-0.25, -0.2) is 4.39 Å². The standard InChI is InChI=1S/C22H26FNO.C21H25NO.C20H25N.2C18H18ClNO2/c1-22(2,3)14-10-11-19-17(13-14)21-16(8-6-12-25-21)20(24-19)15-7-4-5-9-18(15)23;1-14(2)16-10-11-19-18(13-16)21-17(9-6-12-23-21)20(22-19)15-7-4-3-5-8-15;1-4-15-11-12-19-18(13-15)14(3)17(5-2)20(21-19)16-9-7-6-8-10-16;2*19-12-6-7-16-15(10-12)18-14(5-2-8-22-18)17(20-16)11-3-1-4-13(21)9-11/h4-5,7,9-11,13,16,20-21,24H,6,8,12H2,1-3H3;3-5,7-8,10-11,13-14,17,20-22H,6,9,12H2,1-2H3;6-14,17,20-21H,4-5H2,1-3H3;2*1,3-4,6-7,9-10,14,17-18,20-21H,2,5,8H2/t16-,20-,21-;;14-,17+,20-;14-,17-,18-;/m0.00./s1. The zero-order valence-electron chi connectivity index (χ0n) is 66.7. The maximum Gasteiger partial charge on any atom is 0.128 e. The van der Waals surface area contributed by atoms with Gasteiger partial charge in [-0.15, -0.1) is 0 Å². The molecule has 9 aliphatic heterocycles. The summed E-state index contributed by atoms with van der Waals surface area (Å²) < 4.78 is 39.1. The Kier molecular flexibility index (Phi) is 24.9. The summed E-state index contributed by atoms with van der Waals surface area (Å²) in [7, 11) is 0. The van der Waals surface area contributed by atoms with E-state index in [2.05, 4.69) is 209 Å². The number of ether oxygens (including phenoxy) is 4. The molecule has 6 unspecified atom stereocenters. The van der Waals surface area contributed by atoms with Crippen LogP contribution in [0.1, 0.15) is 252 Å². The number of fused-ring (bicyclic) bond motifs is 13. The fourth-order valence-corrected chi connectivity index (χ4v) is 19.7. The minimum atomic E-state index is -0.140. The smallest absolute Gasteiger partial charge is 0.128 e. The number of benzene rings is 10. The molecule has 0 saturated carbocycles. The van der Waals surface area contributed by atoms with Crippen molar-refractivity contribution in [3.05, 3.63) is 313 Å². The third-order valence-electron chi connectivity index (χ3n) is 25.2. The van der Waals surface area contributed by atoms with E-state index in [1.54, 1.807) is 24.3 Å². The molecule has 15 atom stereocenters. The summed E-state index contributed by atoms with van der Waals surface area (Å²) >= 11 is 12.3. The molecule has 10 aromatic carbocycles. The number of hydrogen-bond acceptors (Lipinski definition) is 11. The van der Waals surface area contributed by atoms with Crippen molar-refractivity contribution in [3.63, 3.8) is 0 Å². The van der Waals surface area contributed by atoms with Crippen LogP contribution in [-0.2, 0) is 30.8 Å². The fourth-order valence-electron chi connectivity index (χ4n) is 19.3. The van der Waals surface area contributed by atoms with Gasteiger partial charge in [-0.2, -0.15) is 0 Å². The van der Waals surface area contributed by atoms with Crippen molar-refractivity contribution in [2.75, 3.05) is 53.0 Å². The molecule has 4 fully saturated rings. The van der Waals surface area contributed by atoms with E-state index in [9.17, 15) is 14.6 Å². The average Bonchev–Trinajstić information content (AvgIpc) is 0.820. The van der Waals surface area contributed by atoms with Crippen LogP contribution in [0, 0.1) is 35.4 Å². The van der Waals surface area contributed by atoms with Gasteiger partial charge in [-0.1, -0.05) is 225 Å². The fraction of sp³-hybridized carbons (Fsp3) is 0.394. The molecule has 10 aromatic rings. The molecule has 0 amide bonds. The molecule has 7 N–H and O–H groups in total. The lowest BCUT2D eigenvalue weighted by molar-refractivity contribution is -0.0385. The van der Waals surface area contributed by atoms with Crippen molar-refractivity contribution < 1.29 is 33.6 Å². The predicted molar refractivity (Wildman–Crippen MR) is 460 cm³/mol. The first-order valence-corrected chi connectivity index (χ1v) is 42.3. The molecular weight excluding hydrogens is 1450 g/mol. The molecule has 0 spiro atoms. The minimum Gasteiger partial charge on any atom is -0.508 e. The Balaban J connectivity index is 0.000000112. The number of anilines is 5. The Labute approximate surface area is 679 Å². The van der Waals surface area contributed by atoms with E-state index >= 15 is 0 Å². The van der Waals surface area contributed by atoms with E-state index in [4.69, 9.17) is 42.1 Å². The molecule has 14 heteroatoms. The van der Waals surface area contributed by atoms with E-state index in [0.717, 1.165) is 133 Å². The summed E-state index contributed by atoms with van der Waals surface area (Å²) in [6.07, 6.45) is 11.5. The predicted octanol–water partition coefficient (Wildman–Crippen LogP) is 26.1. The van der Waals surface area contributed by atoms with Crippen molar-refractivity contribution >= 4 is 51.6 Å². The highest BCUT2D eigenvalue weighted by Crippen LogP contribution is 2.55. The quantitative estimate of drug-likeness (QED) is 0.0783. The second-order valence-corrected chi connectivity index (χ2v) is 34.6. The van der Waals surface area contributed by atoms with Crippen LogP contribution in [0.4, 0.5) is 32.8 Å². The summed E-state index contributed by atoms with van der Waals surface area (Å²) in [4.78, 5) is 0. The molecule has 590 valence electrons. The van der Waals surface area contributed by atoms with E-state index < -0.39 is 0 Å². The van der Waals surface area contributed by atoms with Crippen LogP contribution in [0.3, 0.4) is 0 Å². The van der Waals surface area contributed by atoms with Crippen molar-refractivity contribution in [1.82, 2.24) is 0 Å². The molecule has 113 heavy (non-hydrogen) atoms. The average molecular weight is 1560 g/mol. The number of hydrogen-bond donors (Lipinski definition) is 7. The van der Waals surface area contributed by atoms with E-state index in [-0.39, 0.29) is 59.7 Å². The second-order valence-electron chi connectivity index (χ2n) is 33.7. The molecule has 4 saturated heterocycles. The van der Waals surface area contributed by atoms with E-state index in [1.807, 2.05) is 72.8 Å². The van der Waals surface area contributed by atoms with Gasteiger partial charge in [0.2, 0.25) is 0 Å². The van der Waals surface area contributed by atoms with Gasteiger partial charge in [0, 0.05) is 116 Å². The molecule has 9 heterocycles. The topological polar surface area (TPSA) is 138 Å². The summed E-state index contributed by atoms with van der Waals surface area (Å²) in [6, 6.07) is 77.0. The number of phenolic OH excluding ortho intramolecular Hbond substituents is 2. The Morgan fingerprint density at radius 3 is 1.27 bits per heavy atom. The molecule has 0 aromatic heterocycles. The highest BCUT2D eigenvalue weighted by atomic mass is 35.5. The van der Waals surface area contributed by atoms with Crippen LogP contribution in [0.25, 0.3) is 0 Å². The van der Waals surface area contributed by atoms with Crippen LogP contribution in [-0.4, -0.2) is 36.6 Å². The SMILES string of the molecule is CC(C)(C)c1ccc2c(c1)[C@H]1OCCC[C@H]1[C@H](c1ccccc1F)N2.CC(C)c1ccc2c(c1)C1OCCCC1C(c1ccccc1)N2.CCc1ccc2c(c1)[C@@H](C)[C@@H](CC)[C@H](c1ccccc1)N2.Oc1cccc(C2Nc3ccc(Cl)cc3C3OCCCC23)c1.Oc1cccc([C@@H]2Nc3ccc(Cl)cc3[C@H]3OCCC[C@H]32)c1. The van der Waals surface area contributed by atoms with E-state index in [1.165, 1.54) is 68.7 Å². The molecule has 19 rings (SSSR count). The first-order valence-electron chi connectivity index (χ1n) is 41.6. The first-order chi connectivity index (χ1) is 54.9. The third kappa shape index (κ3) is 17.6. The molecule has 0 radical (unpaired) electrons. The number of aryl methyl sites for hydroxylation is 1. The number of phenols is 2. The van der Waals surface area contributed by atoms with Crippen LogP contribution in [0.5, 0.6) is 11.5 Å². The second kappa shape index (κ2) is 35.5. The van der Waals surface area contributed by atoms with Gasteiger partial charge >= 0.3 is 0 Å². The molecule has 9 aliphatic rings. The summed E-state index contributed by atoms with van der Waals surface area (Å²) in [6.45, 7) is 21.4. The molecule has 11 nitrogen and oxygen atoms in total. The third-order valence-corrected chi connectivity index (χ3v) is 25.7. The van der Waals surface area contributed by atoms with Crippen LogP contribution in [0.15, 0.2) is 224 Å². The molecule has 0 bridgehead atoms. The summed E-state index contributed by atoms with van der Waals surface area (Å²) in [5.74, 6) is 3.73.